The molecular formula is C13H8F3N3S. The number of halogens is 3. The van der Waals surface area contributed by atoms with Crippen molar-refractivity contribution in [1.29, 1.82) is 0 Å². The van der Waals surface area contributed by atoms with Crippen molar-refractivity contribution in [3.8, 4) is 0 Å². The number of pyridine rings is 1. The molecule has 1 aromatic carbocycles. The van der Waals surface area contributed by atoms with E-state index in [1.807, 2.05) is 0 Å². The van der Waals surface area contributed by atoms with Gasteiger partial charge in [0.2, 0.25) is 0 Å². The zero-order valence-electron chi connectivity index (χ0n) is 9.98. The summed E-state index contributed by atoms with van der Waals surface area (Å²) in [5, 5.41) is 5.10. The Balaban J connectivity index is 2.12. The van der Waals surface area contributed by atoms with Crippen LogP contribution in [0, 0.1) is 0 Å². The van der Waals surface area contributed by atoms with E-state index in [1.54, 1.807) is 12.1 Å². The molecule has 0 atom stereocenters. The normalized spacial score (nSPS) is 10.8. The van der Waals surface area contributed by atoms with Gasteiger partial charge in [0, 0.05) is 5.69 Å². The van der Waals surface area contributed by atoms with Crippen LogP contribution in [0.15, 0.2) is 47.6 Å². The fourth-order valence-electron chi connectivity index (χ4n) is 1.47. The van der Waals surface area contributed by atoms with Gasteiger partial charge in [-0.15, -0.1) is 0 Å². The molecule has 0 aliphatic heterocycles. The number of alkyl halides is 3. The Hall–Kier alpha value is -2.24. The van der Waals surface area contributed by atoms with E-state index in [-0.39, 0.29) is 0 Å². The highest BCUT2D eigenvalue weighted by Gasteiger charge is 2.29. The van der Waals surface area contributed by atoms with E-state index in [1.165, 1.54) is 18.3 Å². The maximum absolute atomic E-state index is 12.4. The summed E-state index contributed by atoms with van der Waals surface area (Å²) >= 11 is 4.46. The van der Waals surface area contributed by atoms with Crippen LogP contribution in [-0.4, -0.2) is 10.1 Å². The molecule has 2 aromatic rings. The number of rotatable bonds is 3. The molecule has 0 unspecified atom stereocenters. The van der Waals surface area contributed by atoms with Gasteiger partial charge in [0.05, 0.1) is 22.6 Å². The minimum atomic E-state index is -4.34. The van der Waals surface area contributed by atoms with Gasteiger partial charge in [0.25, 0.3) is 0 Å². The zero-order chi connectivity index (χ0) is 14.6. The van der Waals surface area contributed by atoms with Crippen LogP contribution in [0.5, 0.6) is 0 Å². The van der Waals surface area contributed by atoms with Gasteiger partial charge in [-0.1, -0.05) is 0 Å². The Morgan fingerprint density at radius 3 is 2.30 bits per heavy atom. The second-order valence-corrected chi connectivity index (χ2v) is 3.99. The molecule has 2 rings (SSSR count). The molecule has 7 heteroatoms. The molecule has 1 heterocycles. The number of aromatic nitrogens is 1. The molecule has 0 bridgehead atoms. The lowest BCUT2D eigenvalue weighted by atomic mass is 10.2. The fraction of sp³-hybridized carbons (Fsp3) is 0.0769. The topological polar surface area (TPSA) is 37.3 Å². The third-order valence-electron chi connectivity index (χ3n) is 2.41. The Morgan fingerprint density at radius 1 is 1.10 bits per heavy atom. The van der Waals surface area contributed by atoms with Gasteiger partial charge in [0.15, 0.2) is 0 Å². The quantitative estimate of drug-likeness (QED) is 0.665. The van der Waals surface area contributed by atoms with Crippen LogP contribution in [0.1, 0.15) is 5.56 Å². The maximum Gasteiger partial charge on any atom is 0.416 e. The molecule has 20 heavy (non-hydrogen) atoms. The van der Waals surface area contributed by atoms with Crippen LogP contribution >= 0.6 is 12.2 Å². The van der Waals surface area contributed by atoms with E-state index < -0.39 is 11.7 Å². The average molecular weight is 295 g/mol. The molecule has 3 nitrogen and oxygen atoms in total. The van der Waals surface area contributed by atoms with Crippen LogP contribution in [-0.2, 0) is 6.18 Å². The molecule has 0 aliphatic rings. The van der Waals surface area contributed by atoms with Gasteiger partial charge in [-0.25, -0.2) is 4.98 Å². The molecule has 1 aromatic heterocycles. The van der Waals surface area contributed by atoms with E-state index in [4.69, 9.17) is 0 Å². The Kier molecular flexibility index (Phi) is 4.12. The first-order chi connectivity index (χ1) is 9.49. The van der Waals surface area contributed by atoms with Gasteiger partial charge < -0.3 is 5.32 Å². The largest absolute Gasteiger partial charge is 0.416 e. The van der Waals surface area contributed by atoms with Gasteiger partial charge in [-0.3, -0.25) is 0 Å². The average Bonchev–Trinajstić information content (AvgIpc) is 2.41. The third-order valence-corrected chi connectivity index (χ3v) is 2.50. The summed E-state index contributed by atoms with van der Waals surface area (Å²) < 4.78 is 37.2. The van der Waals surface area contributed by atoms with Crippen molar-refractivity contribution in [3.05, 3.63) is 48.2 Å². The number of hydrogen-bond donors (Lipinski definition) is 1. The van der Waals surface area contributed by atoms with E-state index in [9.17, 15) is 13.2 Å². The van der Waals surface area contributed by atoms with Crippen LogP contribution in [0.25, 0.3) is 0 Å². The van der Waals surface area contributed by atoms with Crippen LogP contribution in [0.3, 0.4) is 0 Å². The number of benzene rings is 1. The summed E-state index contributed by atoms with van der Waals surface area (Å²) in [5.74, 6) is 0.494. The smallest absolute Gasteiger partial charge is 0.340 e. The first-order valence-electron chi connectivity index (χ1n) is 5.47. The molecule has 0 saturated heterocycles. The summed E-state index contributed by atoms with van der Waals surface area (Å²) in [7, 11) is 0. The van der Waals surface area contributed by atoms with Gasteiger partial charge in [-0.2, -0.15) is 18.2 Å². The lowest BCUT2D eigenvalue weighted by Gasteiger charge is -2.09. The lowest BCUT2D eigenvalue weighted by molar-refractivity contribution is -0.137. The molecule has 0 saturated carbocycles. The van der Waals surface area contributed by atoms with Crippen molar-refractivity contribution in [2.45, 2.75) is 6.18 Å². The number of aliphatic imine (C=N–C) groups is 1. The molecule has 0 radical (unpaired) electrons. The third kappa shape index (κ3) is 3.63. The van der Waals surface area contributed by atoms with E-state index in [2.05, 4.69) is 32.7 Å². The minimum Gasteiger partial charge on any atom is -0.340 e. The van der Waals surface area contributed by atoms with Crippen molar-refractivity contribution in [1.82, 2.24) is 4.98 Å². The standard InChI is InChI=1S/C13H8F3N3S/c14-13(15,16)9-1-3-10(4-2-9)19-12-6-5-11(7-17-12)18-8-20/h1-7H,(H,17,19). The van der Waals surface area contributed by atoms with Crippen molar-refractivity contribution in [2.24, 2.45) is 4.99 Å². The number of hydrogen-bond acceptors (Lipinski definition) is 4. The lowest BCUT2D eigenvalue weighted by Crippen LogP contribution is -2.04. The number of isothiocyanates is 1. The van der Waals surface area contributed by atoms with E-state index in [0.29, 0.717) is 17.2 Å². The number of anilines is 2. The second kappa shape index (κ2) is 5.81. The monoisotopic (exact) mass is 295 g/mol. The van der Waals surface area contributed by atoms with Crippen LogP contribution < -0.4 is 5.32 Å². The van der Waals surface area contributed by atoms with Gasteiger partial charge >= 0.3 is 6.18 Å². The molecule has 1 N–H and O–H groups in total. The summed E-state index contributed by atoms with van der Waals surface area (Å²) in [6.07, 6.45) is -2.86. The number of nitrogens with one attached hydrogen (secondary N) is 1. The molecule has 0 aliphatic carbocycles. The maximum atomic E-state index is 12.4. The van der Waals surface area contributed by atoms with Crippen molar-refractivity contribution < 1.29 is 13.2 Å². The van der Waals surface area contributed by atoms with Crippen LogP contribution in [0.4, 0.5) is 30.4 Å². The number of thiocarbonyl (C=S) groups is 1. The SMILES string of the molecule is FC(F)(F)c1ccc(Nc2ccc(N=C=S)cn2)cc1. The Labute approximate surface area is 118 Å². The van der Waals surface area contributed by atoms with Gasteiger partial charge in [-0.05, 0) is 48.6 Å². The summed E-state index contributed by atoms with van der Waals surface area (Å²) in [5.41, 5.74) is 0.372. The first-order valence-corrected chi connectivity index (χ1v) is 5.88. The molecule has 0 spiro atoms. The summed E-state index contributed by atoms with van der Waals surface area (Å²) in [6, 6.07) is 8.00. The van der Waals surface area contributed by atoms with Crippen LogP contribution in [0.2, 0.25) is 0 Å². The predicted molar refractivity (Wildman–Crippen MR) is 73.6 cm³/mol. The molecule has 0 fully saturated rings. The molecule has 102 valence electrons. The fourth-order valence-corrected chi connectivity index (χ4v) is 1.57. The highest BCUT2D eigenvalue weighted by molar-refractivity contribution is 7.78. The Morgan fingerprint density at radius 2 is 1.80 bits per heavy atom. The first kappa shape index (κ1) is 14.2. The second-order valence-electron chi connectivity index (χ2n) is 3.80. The van der Waals surface area contributed by atoms with Crippen molar-refractivity contribution in [3.63, 3.8) is 0 Å². The number of nitrogens with zero attached hydrogens (tertiary/aromatic N) is 2. The molecular weight excluding hydrogens is 287 g/mol. The highest BCUT2D eigenvalue weighted by Crippen LogP contribution is 2.30. The predicted octanol–water partition coefficient (Wildman–Crippen LogP) is 4.58. The zero-order valence-corrected chi connectivity index (χ0v) is 10.8. The summed E-state index contributed by atoms with van der Waals surface area (Å²) in [6.45, 7) is 0. The molecule has 0 amide bonds. The summed E-state index contributed by atoms with van der Waals surface area (Å²) in [4.78, 5) is 7.79. The van der Waals surface area contributed by atoms with E-state index >= 15 is 0 Å². The highest BCUT2D eigenvalue weighted by atomic mass is 32.1. The van der Waals surface area contributed by atoms with Crippen molar-refractivity contribution in [2.75, 3.05) is 5.32 Å². The Bertz CT molecular complexity index is 629. The van der Waals surface area contributed by atoms with E-state index in [0.717, 1.165) is 12.1 Å². The van der Waals surface area contributed by atoms with Crippen molar-refractivity contribution >= 4 is 34.6 Å². The minimum absolute atomic E-state index is 0.494. The van der Waals surface area contributed by atoms with Gasteiger partial charge in [0.1, 0.15) is 5.82 Å².